The van der Waals surface area contributed by atoms with Crippen molar-refractivity contribution in [2.75, 3.05) is 33.4 Å². The van der Waals surface area contributed by atoms with E-state index in [0.717, 1.165) is 32.2 Å². The van der Waals surface area contributed by atoms with Crippen molar-refractivity contribution in [3.05, 3.63) is 35.4 Å². The van der Waals surface area contributed by atoms with Gasteiger partial charge in [0.05, 0.1) is 6.61 Å². The maximum Gasteiger partial charge on any atom is 0.0503 e. The van der Waals surface area contributed by atoms with Crippen LogP contribution in [0, 0.1) is 5.92 Å². The van der Waals surface area contributed by atoms with Gasteiger partial charge >= 0.3 is 0 Å². The van der Waals surface area contributed by atoms with Crippen molar-refractivity contribution in [2.45, 2.75) is 32.9 Å². The second-order valence-electron chi connectivity index (χ2n) is 5.84. The Bertz CT molecular complexity index is 377. The Kier molecular flexibility index (Phi) is 6.51. The van der Waals surface area contributed by atoms with Gasteiger partial charge in [-0.1, -0.05) is 31.2 Å². The molecule has 2 rings (SSSR count). The molecular formula is C17H28N2O. The zero-order valence-electron chi connectivity index (χ0n) is 12.9. The first-order valence-electron chi connectivity index (χ1n) is 7.81. The summed E-state index contributed by atoms with van der Waals surface area (Å²) >= 11 is 0. The maximum absolute atomic E-state index is 5.25. The highest BCUT2D eigenvalue weighted by Gasteiger charge is 2.21. The van der Waals surface area contributed by atoms with Crippen LogP contribution in [-0.2, 0) is 17.8 Å². The van der Waals surface area contributed by atoms with Crippen molar-refractivity contribution in [1.82, 2.24) is 10.2 Å². The molecule has 1 saturated heterocycles. The molecule has 0 amide bonds. The van der Waals surface area contributed by atoms with Gasteiger partial charge in [0, 0.05) is 26.7 Å². The van der Waals surface area contributed by atoms with E-state index < -0.39 is 0 Å². The number of nitrogens with one attached hydrogen (secondary N) is 1. The first kappa shape index (κ1) is 15.5. The smallest absolute Gasteiger partial charge is 0.0503 e. The van der Waals surface area contributed by atoms with Crippen LogP contribution in [0.25, 0.3) is 0 Å². The lowest BCUT2D eigenvalue weighted by atomic mass is 10.1. The zero-order chi connectivity index (χ0) is 14.2. The normalized spacial score (nSPS) is 19.6. The lowest BCUT2D eigenvalue weighted by Gasteiger charge is -2.16. The Morgan fingerprint density at radius 2 is 2.00 bits per heavy atom. The molecule has 3 heteroatoms. The van der Waals surface area contributed by atoms with Gasteiger partial charge < -0.3 is 10.1 Å². The van der Waals surface area contributed by atoms with Gasteiger partial charge in [0.15, 0.2) is 0 Å². The predicted octanol–water partition coefficient (Wildman–Crippen LogP) is 2.65. The quantitative estimate of drug-likeness (QED) is 0.739. The molecule has 0 aliphatic carbocycles. The summed E-state index contributed by atoms with van der Waals surface area (Å²) < 4.78 is 5.25. The molecule has 0 saturated carbocycles. The largest absolute Gasteiger partial charge is 0.384 e. The van der Waals surface area contributed by atoms with Gasteiger partial charge in [-0.15, -0.1) is 0 Å². The minimum absolute atomic E-state index is 0.720. The molecule has 0 bridgehead atoms. The van der Waals surface area contributed by atoms with Crippen LogP contribution in [-0.4, -0.2) is 38.3 Å². The van der Waals surface area contributed by atoms with Crippen molar-refractivity contribution in [1.29, 1.82) is 0 Å². The molecule has 1 unspecified atom stereocenters. The van der Waals surface area contributed by atoms with E-state index in [0.29, 0.717) is 0 Å². The van der Waals surface area contributed by atoms with Gasteiger partial charge in [0.1, 0.15) is 0 Å². The van der Waals surface area contributed by atoms with Crippen molar-refractivity contribution in [3.8, 4) is 0 Å². The Labute approximate surface area is 123 Å². The van der Waals surface area contributed by atoms with E-state index >= 15 is 0 Å². The van der Waals surface area contributed by atoms with Crippen molar-refractivity contribution >= 4 is 0 Å². The average molecular weight is 276 g/mol. The molecule has 3 nitrogen and oxygen atoms in total. The lowest BCUT2D eigenvalue weighted by Crippen LogP contribution is -2.21. The third-order valence-electron chi connectivity index (χ3n) is 3.96. The number of likely N-dealkylation sites (tertiary alicyclic amines) is 1. The van der Waals surface area contributed by atoms with Crippen LogP contribution in [0.15, 0.2) is 24.3 Å². The predicted molar refractivity (Wildman–Crippen MR) is 83.7 cm³/mol. The SMILES string of the molecule is CCCNCc1ccc(CN2CCC(COC)C2)cc1. The number of methoxy groups -OCH3 is 1. The van der Waals surface area contributed by atoms with Crippen molar-refractivity contribution < 1.29 is 4.74 Å². The molecule has 1 aromatic carbocycles. The van der Waals surface area contributed by atoms with E-state index in [1.54, 1.807) is 7.11 Å². The fourth-order valence-corrected chi connectivity index (χ4v) is 2.86. The molecule has 112 valence electrons. The third kappa shape index (κ3) is 4.89. The summed E-state index contributed by atoms with van der Waals surface area (Å²) in [5.74, 6) is 0.720. The van der Waals surface area contributed by atoms with E-state index in [1.165, 1.54) is 37.1 Å². The van der Waals surface area contributed by atoms with Crippen molar-refractivity contribution in [2.24, 2.45) is 5.92 Å². The number of hydrogen-bond donors (Lipinski definition) is 1. The number of rotatable bonds is 8. The highest BCUT2D eigenvalue weighted by atomic mass is 16.5. The second-order valence-corrected chi connectivity index (χ2v) is 5.84. The summed E-state index contributed by atoms with van der Waals surface area (Å²) in [5.41, 5.74) is 2.79. The van der Waals surface area contributed by atoms with Crippen LogP contribution in [0.4, 0.5) is 0 Å². The van der Waals surface area contributed by atoms with E-state index in [2.05, 4.69) is 41.4 Å². The van der Waals surface area contributed by atoms with Crippen LogP contribution in [0.3, 0.4) is 0 Å². The number of ether oxygens (including phenoxy) is 1. The molecule has 0 radical (unpaired) electrons. The Hall–Kier alpha value is -0.900. The Morgan fingerprint density at radius 1 is 1.25 bits per heavy atom. The molecule has 1 N–H and O–H groups in total. The number of nitrogens with zero attached hydrogens (tertiary/aromatic N) is 1. The summed E-state index contributed by atoms with van der Waals surface area (Å²) in [4.78, 5) is 2.54. The highest BCUT2D eigenvalue weighted by Crippen LogP contribution is 2.19. The molecule has 1 atom stereocenters. The van der Waals surface area contributed by atoms with Gasteiger partial charge in [0.25, 0.3) is 0 Å². The van der Waals surface area contributed by atoms with Crippen LogP contribution in [0.1, 0.15) is 30.9 Å². The van der Waals surface area contributed by atoms with Crippen LogP contribution in [0.5, 0.6) is 0 Å². The average Bonchev–Trinajstić information content (AvgIpc) is 2.89. The first-order chi connectivity index (χ1) is 9.81. The van der Waals surface area contributed by atoms with E-state index in [9.17, 15) is 0 Å². The summed E-state index contributed by atoms with van der Waals surface area (Å²) in [6.07, 6.45) is 2.46. The Morgan fingerprint density at radius 3 is 2.70 bits per heavy atom. The lowest BCUT2D eigenvalue weighted by molar-refractivity contribution is 0.152. The van der Waals surface area contributed by atoms with E-state index in [1.807, 2.05) is 0 Å². The topological polar surface area (TPSA) is 24.5 Å². The van der Waals surface area contributed by atoms with Gasteiger partial charge in [-0.3, -0.25) is 4.90 Å². The molecule has 1 aromatic rings. The molecule has 1 aliphatic rings. The van der Waals surface area contributed by atoms with E-state index in [4.69, 9.17) is 4.74 Å². The summed E-state index contributed by atoms with van der Waals surface area (Å²) in [7, 11) is 1.80. The van der Waals surface area contributed by atoms with Crippen molar-refractivity contribution in [3.63, 3.8) is 0 Å². The molecule has 1 fully saturated rings. The first-order valence-corrected chi connectivity index (χ1v) is 7.81. The third-order valence-corrected chi connectivity index (χ3v) is 3.96. The minimum atomic E-state index is 0.720. The fraction of sp³-hybridized carbons (Fsp3) is 0.647. The molecule has 1 aliphatic heterocycles. The highest BCUT2D eigenvalue weighted by molar-refractivity contribution is 5.22. The van der Waals surface area contributed by atoms with Crippen LogP contribution in [0.2, 0.25) is 0 Å². The molecule has 0 spiro atoms. The molecule has 20 heavy (non-hydrogen) atoms. The van der Waals surface area contributed by atoms with Crippen LogP contribution >= 0.6 is 0 Å². The van der Waals surface area contributed by atoms with Gasteiger partial charge in [-0.05, 0) is 43.0 Å². The number of hydrogen-bond acceptors (Lipinski definition) is 3. The number of benzene rings is 1. The zero-order valence-corrected chi connectivity index (χ0v) is 12.9. The maximum atomic E-state index is 5.25. The van der Waals surface area contributed by atoms with Gasteiger partial charge in [-0.25, -0.2) is 0 Å². The van der Waals surface area contributed by atoms with E-state index in [-0.39, 0.29) is 0 Å². The van der Waals surface area contributed by atoms with Gasteiger partial charge in [-0.2, -0.15) is 0 Å². The minimum Gasteiger partial charge on any atom is -0.384 e. The Balaban J connectivity index is 1.76. The molecule has 1 heterocycles. The summed E-state index contributed by atoms with van der Waals surface area (Å²) in [6.45, 7) is 8.62. The molecular weight excluding hydrogens is 248 g/mol. The monoisotopic (exact) mass is 276 g/mol. The summed E-state index contributed by atoms with van der Waals surface area (Å²) in [6, 6.07) is 9.04. The van der Waals surface area contributed by atoms with Crippen LogP contribution < -0.4 is 5.32 Å². The van der Waals surface area contributed by atoms with Gasteiger partial charge in [0.2, 0.25) is 0 Å². The summed E-state index contributed by atoms with van der Waals surface area (Å²) in [5, 5.41) is 3.44. The second kappa shape index (κ2) is 8.40. The standard InChI is InChI=1S/C17H28N2O/c1-3-9-18-11-15-4-6-16(7-5-15)12-19-10-8-17(13-19)14-20-2/h4-7,17-18H,3,8-14H2,1-2H3. The fourth-order valence-electron chi connectivity index (χ4n) is 2.86. The molecule has 0 aromatic heterocycles.